The third kappa shape index (κ3) is 19.7. The lowest BCUT2D eigenvalue weighted by Gasteiger charge is -2.23. The molecule has 40 heavy (non-hydrogen) atoms. The summed E-state index contributed by atoms with van der Waals surface area (Å²) in [5.41, 5.74) is 0. The van der Waals surface area contributed by atoms with E-state index in [1.807, 2.05) is 12.2 Å². The van der Waals surface area contributed by atoms with E-state index in [2.05, 4.69) is 23.1 Å². The fourth-order valence-corrected chi connectivity index (χ4v) is 4.64. The largest absolute Gasteiger partial charge is 0.471 e. The first-order chi connectivity index (χ1) is 19.1. The molecule has 0 aliphatic rings. The molecule has 1 unspecified atom stereocenters. The van der Waals surface area contributed by atoms with Crippen molar-refractivity contribution in [2.24, 2.45) is 0 Å². The van der Waals surface area contributed by atoms with Gasteiger partial charge in [-0.1, -0.05) is 75.5 Å². The highest BCUT2D eigenvalue weighted by Gasteiger charge is 2.41. The highest BCUT2D eigenvalue weighted by atomic mass is 32.2. The summed E-state index contributed by atoms with van der Waals surface area (Å²) in [6.07, 6.45) is 14.5. The molecule has 0 fully saturated rings. The van der Waals surface area contributed by atoms with E-state index in [4.69, 9.17) is 5.11 Å². The second kappa shape index (κ2) is 23.4. The molecule has 8 nitrogen and oxygen atoms in total. The number of amides is 2. The summed E-state index contributed by atoms with van der Waals surface area (Å²) in [5.74, 6) is -4.40. The maximum absolute atomic E-state index is 12.8. The summed E-state index contributed by atoms with van der Waals surface area (Å²) in [6.45, 7) is 1.56. The molecule has 0 saturated carbocycles. The molecular formula is C28H45F3N2O6S. The van der Waals surface area contributed by atoms with Gasteiger partial charge in [0.1, 0.15) is 12.6 Å². The molecule has 0 aromatic heterocycles. The molecule has 0 radical (unpaired) electrons. The van der Waals surface area contributed by atoms with Crippen molar-refractivity contribution in [3.8, 4) is 0 Å². The lowest BCUT2D eigenvalue weighted by Crippen LogP contribution is -2.52. The van der Waals surface area contributed by atoms with Gasteiger partial charge >= 0.3 is 18.1 Å². The average Bonchev–Trinajstić information content (AvgIpc) is 2.92. The number of hydrogen-bond donors (Lipinski definition) is 4. The molecule has 3 atom stereocenters. The number of rotatable bonds is 22. The molecule has 0 saturated heterocycles. The van der Waals surface area contributed by atoms with Crippen molar-refractivity contribution in [2.45, 2.75) is 94.7 Å². The van der Waals surface area contributed by atoms with Gasteiger partial charge in [0.05, 0.1) is 13.2 Å². The van der Waals surface area contributed by atoms with Crippen LogP contribution in [0.25, 0.3) is 0 Å². The van der Waals surface area contributed by atoms with E-state index in [-0.39, 0.29) is 12.4 Å². The Balaban J connectivity index is 5.22. The molecular weight excluding hydrogens is 549 g/mol. The van der Waals surface area contributed by atoms with Crippen molar-refractivity contribution in [3.05, 3.63) is 36.5 Å². The van der Waals surface area contributed by atoms with Crippen LogP contribution in [0.5, 0.6) is 0 Å². The molecule has 0 spiro atoms. The number of esters is 1. The molecule has 0 rings (SSSR count). The topological polar surface area (TPSA) is 125 Å². The van der Waals surface area contributed by atoms with Gasteiger partial charge in [-0.3, -0.25) is 14.4 Å². The van der Waals surface area contributed by atoms with E-state index >= 15 is 0 Å². The number of alkyl halides is 3. The third-order valence-corrected chi connectivity index (χ3v) is 7.13. The number of nitrogens with one attached hydrogen (secondary N) is 2. The van der Waals surface area contributed by atoms with Crippen LogP contribution in [-0.2, 0) is 19.1 Å². The van der Waals surface area contributed by atoms with Gasteiger partial charge < -0.3 is 25.6 Å². The van der Waals surface area contributed by atoms with Gasteiger partial charge in [0, 0.05) is 17.6 Å². The minimum atomic E-state index is -5.21. The Morgan fingerprint density at radius 1 is 0.975 bits per heavy atom. The van der Waals surface area contributed by atoms with Gasteiger partial charge in [0.2, 0.25) is 5.91 Å². The first-order valence-electron chi connectivity index (χ1n) is 13.7. The third-order valence-electron chi connectivity index (χ3n) is 5.75. The Labute approximate surface area is 239 Å². The van der Waals surface area contributed by atoms with E-state index in [9.17, 15) is 32.7 Å². The van der Waals surface area contributed by atoms with Crippen LogP contribution in [0.2, 0.25) is 0 Å². The fourth-order valence-electron chi connectivity index (χ4n) is 3.43. The quantitative estimate of drug-likeness (QED) is 0.0834. The lowest BCUT2D eigenvalue weighted by atomic mass is 10.1. The highest BCUT2D eigenvalue weighted by molar-refractivity contribution is 8.00. The first kappa shape index (κ1) is 37.7. The molecule has 230 valence electrons. The second-order valence-electron chi connectivity index (χ2n) is 9.16. The van der Waals surface area contributed by atoms with Crippen LogP contribution < -0.4 is 10.6 Å². The molecule has 0 aliphatic carbocycles. The van der Waals surface area contributed by atoms with Gasteiger partial charge in [0.15, 0.2) is 0 Å². The van der Waals surface area contributed by atoms with Crippen molar-refractivity contribution >= 4 is 29.5 Å². The number of halogens is 3. The fraction of sp³-hybridized carbons (Fsp3) is 0.679. The Kier molecular flexibility index (Phi) is 22.0. The molecule has 0 bridgehead atoms. The van der Waals surface area contributed by atoms with Gasteiger partial charge in [-0.2, -0.15) is 13.2 Å². The standard InChI is InChI=1S/C28H45F3N2O6S/c1-3-4-5-6-7-8-9-10-11-12-13-14-18-24(23(35)17-15-16-19-34)40-21-22(33-27(38)28(29,30)31)26(37)32-20-25(36)39-2/h10-14,18,22-24,34-35H,3-9,15-17,19-21H2,1-2H3,(H,32,37)(H,33,38)/t22?,23-,24+/m1/s1. The number of thioether (sulfide) groups is 1. The molecule has 4 N–H and O–H groups in total. The van der Waals surface area contributed by atoms with Crippen LogP contribution in [0.4, 0.5) is 13.2 Å². The number of ether oxygens (including phenoxy) is 1. The van der Waals surface area contributed by atoms with E-state index < -0.39 is 47.9 Å². The van der Waals surface area contributed by atoms with Crippen molar-refractivity contribution in [2.75, 3.05) is 26.0 Å². The number of carbonyl (C=O) groups excluding carboxylic acids is 3. The number of allylic oxidation sites excluding steroid dienone is 5. The molecule has 12 heteroatoms. The normalized spacial score (nSPS) is 14.5. The van der Waals surface area contributed by atoms with Crippen molar-refractivity contribution in [1.29, 1.82) is 0 Å². The van der Waals surface area contributed by atoms with E-state index in [0.29, 0.717) is 19.3 Å². The number of aliphatic hydroxyl groups is 2. The minimum absolute atomic E-state index is 0.0416. The second-order valence-corrected chi connectivity index (χ2v) is 10.4. The van der Waals surface area contributed by atoms with Crippen molar-refractivity contribution in [1.82, 2.24) is 10.6 Å². The Morgan fingerprint density at radius 3 is 2.30 bits per heavy atom. The summed E-state index contributed by atoms with van der Waals surface area (Å²) in [5, 5.41) is 22.8. The van der Waals surface area contributed by atoms with Crippen LogP contribution in [0.1, 0.15) is 71.1 Å². The molecule has 0 aliphatic heterocycles. The SMILES string of the molecule is CCCCCCCCC=CC=CC=C[C@H](SCC(NC(=O)C(F)(F)F)C(=O)NCC(=O)OC)[C@H](O)CCCCO. The number of unbranched alkanes of at least 4 members (excludes halogenated alkanes) is 7. The van der Waals surface area contributed by atoms with E-state index in [1.54, 1.807) is 23.5 Å². The lowest BCUT2D eigenvalue weighted by molar-refractivity contribution is -0.174. The summed E-state index contributed by atoms with van der Waals surface area (Å²) >= 11 is 0.989. The summed E-state index contributed by atoms with van der Waals surface area (Å²) in [4.78, 5) is 35.3. The highest BCUT2D eigenvalue weighted by Crippen LogP contribution is 2.22. The first-order valence-corrected chi connectivity index (χ1v) is 14.7. The van der Waals surface area contributed by atoms with Crippen molar-refractivity contribution in [3.63, 3.8) is 0 Å². The van der Waals surface area contributed by atoms with Crippen LogP contribution in [0, 0.1) is 0 Å². The van der Waals surface area contributed by atoms with Crippen LogP contribution in [-0.4, -0.2) is 77.6 Å². The average molecular weight is 595 g/mol. The summed E-state index contributed by atoms with van der Waals surface area (Å²) in [7, 11) is 1.09. The van der Waals surface area contributed by atoms with Crippen LogP contribution in [0.15, 0.2) is 36.5 Å². The predicted octanol–water partition coefficient (Wildman–Crippen LogP) is 4.37. The zero-order chi connectivity index (χ0) is 30.2. The number of hydrogen-bond acceptors (Lipinski definition) is 7. The predicted molar refractivity (Wildman–Crippen MR) is 152 cm³/mol. The zero-order valence-corrected chi connectivity index (χ0v) is 24.3. The van der Waals surface area contributed by atoms with Crippen molar-refractivity contribution < 1.29 is 42.5 Å². The maximum Gasteiger partial charge on any atom is 0.471 e. The van der Waals surface area contributed by atoms with Crippen LogP contribution >= 0.6 is 11.8 Å². The zero-order valence-electron chi connectivity index (χ0n) is 23.5. The van der Waals surface area contributed by atoms with Gasteiger partial charge in [-0.05, 0) is 32.1 Å². The number of carbonyl (C=O) groups is 3. The van der Waals surface area contributed by atoms with E-state index in [0.717, 1.165) is 31.7 Å². The smallest absolute Gasteiger partial charge is 0.468 e. The Bertz CT molecular complexity index is 805. The Morgan fingerprint density at radius 2 is 1.65 bits per heavy atom. The molecule has 0 aromatic rings. The molecule has 0 heterocycles. The van der Waals surface area contributed by atoms with E-state index in [1.165, 1.54) is 32.1 Å². The summed E-state index contributed by atoms with van der Waals surface area (Å²) < 4.78 is 42.9. The number of methoxy groups -OCH3 is 1. The minimum Gasteiger partial charge on any atom is -0.468 e. The monoisotopic (exact) mass is 594 g/mol. The number of aliphatic hydroxyl groups excluding tert-OH is 2. The van der Waals surface area contributed by atoms with Gasteiger partial charge in [0.25, 0.3) is 0 Å². The molecule has 0 aromatic carbocycles. The molecule has 2 amide bonds. The van der Waals surface area contributed by atoms with Gasteiger partial charge in [-0.25, -0.2) is 0 Å². The van der Waals surface area contributed by atoms with Gasteiger partial charge in [-0.15, -0.1) is 11.8 Å². The maximum atomic E-state index is 12.8. The Hall–Kier alpha value is -2.31. The summed E-state index contributed by atoms with van der Waals surface area (Å²) in [6, 6.07) is -1.62. The van der Waals surface area contributed by atoms with Crippen LogP contribution in [0.3, 0.4) is 0 Å².